The molecule has 0 aromatic rings. The molecule has 0 radical (unpaired) electrons. The largest absolute Gasteiger partial charge is 0.380 e. The Morgan fingerprint density at radius 3 is 3.07 bits per heavy atom. The fourth-order valence-electron chi connectivity index (χ4n) is 2.02. The SMILES string of the molecule is COC1CN(CCCN=[N+]=[N-])CCC1C. The van der Waals surface area contributed by atoms with Crippen molar-refractivity contribution in [2.24, 2.45) is 11.0 Å². The monoisotopic (exact) mass is 212 g/mol. The number of azide groups is 1. The molecule has 1 fully saturated rings. The predicted octanol–water partition coefficient (Wildman–Crippen LogP) is 2.04. The van der Waals surface area contributed by atoms with Gasteiger partial charge in [0.25, 0.3) is 0 Å². The summed E-state index contributed by atoms with van der Waals surface area (Å²) in [5.41, 5.74) is 8.14. The first-order chi connectivity index (χ1) is 7.27. The molecule has 5 nitrogen and oxygen atoms in total. The van der Waals surface area contributed by atoms with Crippen LogP contribution in [-0.2, 0) is 4.74 Å². The molecule has 0 saturated carbocycles. The summed E-state index contributed by atoms with van der Waals surface area (Å²) in [7, 11) is 1.78. The van der Waals surface area contributed by atoms with Crippen LogP contribution < -0.4 is 0 Å². The van der Waals surface area contributed by atoms with Crippen LogP contribution in [0.3, 0.4) is 0 Å². The van der Waals surface area contributed by atoms with E-state index in [1.54, 1.807) is 7.11 Å². The summed E-state index contributed by atoms with van der Waals surface area (Å²) in [6.07, 6.45) is 2.49. The lowest BCUT2D eigenvalue weighted by molar-refractivity contribution is -0.00491. The van der Waals surface area contributed by atoms with Crippen LogP contribution in [-0.4, -0.2) is 44.3 Å². The van der Waals surface area contributed by atoms with Crippen LogP contribution in [0.2, 0.25) is 0 Å². The molecule has 0 aromatic heterocycles. The Hall–Kier alpha value is -0.770. The maximum Gasteiger partial charge on any atom is 0.0724 e. The van der Waals surface area contributed by atoms with E-state index in [1.165, 1.54) is 6.42 Å². The highest BCUT2D eigenvalue weighted by Gasteiger charge is 2.25. The molecule has 5 heteroatoms. The number of methoxy groups -OCH3 is 1. The first-order valence-electron chi connectivity index (χ1n) is 5.54. The summed E-state index contributed by atoms with van der Waals surface area (Å²) < 4.78 is 5.44. The number of nitrogens with zero attached hydrogens (tertiary/aromatic N) is 4. The normalized spacial score (nSPS) is 27.3. The lowest BCUT2D eigenvalue weighted by Gasteiger charge is -2.36. The van der Waals surface area contributed by atoms with E-state index in [1.807, 2.05) is 0 Å². The first kappa shape index (κ1) is 12.3. The van der Waals surface area contributed by atoms with Crippen molar-refractivity contribution < 1.29 is 4.74 Å². The van der Waals surface area contributed by atoms with E-state index in [0.717, 1.165) is 26.1 Å². The summed E-state index contributed by atoms with van der Waals surface area (Å²) in [6.45, 7) is 5.99. The average molecular weight is 212 g/mol. The smallest absolute Gasteiger partial charge is 0.0724 e. The molecule has 0 amide bonds. The second kappa shape index (κ2) is 6.67. The van der Waals surface area contributed by atoms with Crippen molar-refractivity contribution in [2.45, 2.75) is 25.9 Å². The highest BCUT2D eigenvalue weighted by molar-refractivity contribution is 4.78. The highest BCUT2D eigenvalue weighted by Crippen LogP contribution is 2.19. The molecule has 1 rings (SSSR count). The van der Waals surface area contributed by atoms with Gasteiger partial charge in [-0.25, -0.2) is 0 Å². The van der Waals surface area contributed by atoms with Gasteiger partial charge in [-0.3, -0.25) is 0 Å². The van der Waals surface area contributed by atoms with Gasteiger partial charge in [0.1, 0.15) is 0 Å². The van der Waals surface area contributed by atoms with Crippen molar-refractivity contribution in [1.29, 1.82) is 0 Å². The Morgan fingerprint density at radius 2 is 2.40 bits per heavy atom. The van der Waals surface area contributed by atoms with Crippen LogP contribution in [0.5, 0.6) is 0 Å². The van der Waals surface area contributed by atoms with E-state index in [2.05, 4.69) is 21.8 Å². The molecule has 1 aliphatic rings. The number of hydrogen-bond acceptors (Lipinski definition) is 3. The minimum absolute atomic E-state index is 0.359. The molecule has 2 atom stereocenters. The van der Waals surface area contributed by atoms with Gasteiger partial charge in [0, 0.05) is 25.1 Å². The molecule has 0 bridgehead atoms. The molecule has 15 heavy (non-hydrogen) atoms. The zero-order valence-corrected chi connectivity index (χ0v) is 9.59. The van der Waals surface area contributed by atoms with Gasteiger partial charge in [-0.1, -0.05) is 12.0 Å². The molecule has 2 unspecified atom stereocenters. The summed E-state index contributed by atoms with van der Waals surface area (Å²) >= 11 is 0. The summed E-state index contributed by atoms with van der Waals surface area (Å²) in [5, 5.41) is 3.53. The molecular formula is C10H20N4O. The summed E-state index contributed by atoms with van der Waals surface area (Å²) in [5.74, 6) is 0.656. The highest BCUT2D eigenvalue weighted by atomic mass is 16.5. The van der Waals surface area contributed by atoms with Gasteiger partial charge in [-0.15, -0.1) is 0 Å². The maximum atomic E-state index is 8.14. The summed E-state index contributed by atoms with van der Waals surface area (Å²) in [4.78, 5) is 5.13. The van der Waals surface area contributed by atoms with E-state index in [9.17, 15) is 0 Å². The molecule has 1 saturated heterocycles. The Balaban J connectivity index is 2.22. The number of hydrogen-bond donors (Lipinski definition) is 0. The van der Waals surface area contributed by atoms with Crippen LogP contribution >= 0.6 is 0 Å². The van der Waals surface area contributed by atoms with Crippen LogP contribution in [0, 0.1) is 5.92 Å². The number of likely N-dealkylation sites (tertiary alicyclic amines) is 1. The lowest BCUT2D eigenvalue weighted by atomic mass is 9.96. The Morgan fingerprint density at radius 1 is 1.60 bits per heavy atom. The zero-order chi connectivity index (χ0) is 11.1. The van der Waals surface area contributed by atoms with E-state index in [4.69, 9.17) is 10.3 Å². The minimum atomic E-state index is 0.359. The van der Waals surface area contributed by atoms with Crippen molar-refractivity contribution in [1.82, 2.24) is 4.90 Å². The Labute approximate surface area is 91.0 Å². The van der Waals surface area contributed by atoms with Gasteiger partial charge in [-0.05, 0) is 37.4 Å². The Bertz CT molecular complexity index is 227. The Kier molecular flexibility index (Phi) is 5.47. The second-order valence-electron chi connectivity index (χ2n) is 4.15. The predicted molar refractivity (Wildman–Crippen MR) is 59.6 cm³/mol. The number of piperidine rings is 1. The number of ether oxygens (including phenoxy) is 1. The third kappa shape index (κ3) is 4.08. The molecule has 86 valence electrons. The third-order valence-electron chi connectivity index (χ3n) is 3.07. The van der Waals surface area contributed by atoms with Gasteiger partial charge in [-0.2, -0.15) is 0 Å². The molecule has 0 aromatic carbocycles. The molecule has 1 heterocycles. The van der Waals surface area contributed by atoms with Crippen molar-refractivity contribution in [3.8, 4) is 0 Å². The second-order valence-corrected chi connectivity index (χ2v) is 4.15. The molecule has 0 N–H and O–H groups in total. The van der Waals surface area contributed by atoms with E-state index >= 15 is 0 Å². The number of rotatable bonds is 5. The van der Waals surface area contributed by atoms with Crippen molar-refractivity contribution >= 4 is 0 Å². The van der Waals surface area contributed by atoms with E-state index < -0.39 is 0 Å². The molecular weight excluding hydrogens is 192 g/mol. The van der Waals surface area contributed by atoms with Crippen LogP contribution in [0.25, 0.3) is 10.4 Å². The van der Waals surface area contributed by atoms with Crippen LogP contribution in [0.4, 0.5) is 0 Å². The van der Waals surface area contributed by atoms with E-state index in [0.29, 0.717) is 18.6 Å². The quantitative estimate of drug-likeness (QED) is 0.303. The van der Waals surface area contributed by atoms with Gasteiger partial charge in [0.2, 0.25) is 0 Å². The zero-order valence-electron chi connectivity index (χ0n) is 9.59. The fourth-order valence-corrected chi connectivity index (χ4v) is 2.02. The maximum absolute atomic E-state index is 8.14. The average Bonchev–Trinajstić information content (AvgIpc) is 2.26. The van der Waals surface area contributed by atoms with Crippen molar-refractivity contribution in [3.63, 3.8) is 0 Å². The lowest BCUT2D eigenvalue weighted by Crippen LogP contribution is -2.44. The van der Waals surface area contributed by atoms with Gasteiger partial charge in [0.15, 0.2) is 0 Å². The molecule has 0 aliphatic carbocycles. The molecule has 1 aliphatic heterocycles. The minimum Gasteiger partial charge on any atom is -0.380 e. The first-order valence-corrected chi connectivity index (χ1v) is 5.54. The van der Waals surface area contributed by atoms with Crippen molar-refractivity contribution in [3.05, 3.63) is 10.4 Å². The summed E-state index contributed by atoms with van der Waals surface area (Å²) in [6, 6.07) is 0. The van der Waals surface area contributed by atoms with Gasteiger partial charge < -0.3 is 9.64 Å². The fraction of sp³-hybridized carbons (Fsp3) is 1.00. The van der Waals surface area contributed by atoms with Crippen molar-refractivity contribution in [2.75, 3.05) is 33.3 Å². The van der Waals surface area contributed by atoms with Crippen LogP contribution in [0.15, 0.2) is 5.11 Å². The standard InChI is InChI=1S/C10H20N4O/c1-9-4-7-14(8-10(9)15-2)6-3-5-12-13-11/h9-10H,3-8H2,1-2H3. The molecule has 0 spiro atoms. The van der Waals surface area contributed by atoms with Gasteiger partial charge in [0.05, 0.1) is 6.10 Å². The van der Waals surface area contributed by atoms with Crippen LogP contribution in [0.1, 0.15) is 19.8 Å². The topological polar surface area (TPSA) is 61.2 Å². The van der Waals surface area contributed by atoms with Gasteiger partial charge >= 0.3 is 0 Å². The third-order valence-corrected chi connectivity index (χ3v) is 3.07. The van der Waals surface area contributed by atoms with E-state index in [-0.39, 0.29) is 0 Å².